The van der Waals surface area contributed by atoms with E-state index in [1.54, 1.807) is 7.11 Å². The van der Waals surface area contributed by atoms with Gasteiger partial charge in [0.15, 0.2) is 0 Å². The second kappa shape index (κ2) is 4.54. The van der Waals surface area contributed by atoms with Crippen molar-refractivity contribution in [1.82, 2.24) is 0 Å². The predicted octanol–water partition coefficient (Wildman–Crippen LogP) is 5.08. The van der Waals surface area contributed by atoms with E-state index in [9.17, 15) is 4.39 Å². The molecule has 0 aromatic heterocycles. The summed E-state index contributed by atoms with van der Waals surface area (Å²) in [4.78, 5) is 0.212. The van der Waals surface area contributed by atoms with Gasteiger partial charge in [0.25, 0.3) is 0 Å². The highest BCUT2D eigenvalue weighted by Gasteiger charge is 2.50. The minimum Gasteiger partial charge on any atom is -0.496 e. The molecule has 1 aliphatic carbocycles. The van der Waals surface area contributed by atoms with E-state index in [0.29, 0.717) is 21.6 Å². The van der Waals surface area contributed by atoms with Crippen LogP contribution < -0.4 is 4.74 Å². The lowest BCUT2D eigenvalue weighted by atomic mass is 10.0. The molecule has 1 aromatic carbocycles. The van der Waals surface area contributed by atoms with E-state index in [2.05, 4.69) is 45.7 Å². The number of methoxy groups -OCH3 is 1. The van der Waals surface area contributed by atoms with Crippen LogP contribution in [0.3, 0.4) is 0 Å². The van der Waals surface area contributed by atoms with Crippen LogP contribution in [0.1, 0.15) is 30.7 Å². The van der Waals surface area contributed by atoms with Gasteiger partial charge in [-0.15, -0.1) is 0 Å². The highest BCUT2D eigenvalue weighted by Crippen LogP contribution is 2.61. The van der Waals surface area contributed by atoms with Crippen LogP contribution >= 0.6 is 31.9 Å². The van der Waals surface area contributed by atoms with Gasteiger partial charge in [0.1, 0.15) is 11.6 Å². The van der Waals surface area contributed by atoms with E-state index in [-0.39, 0.29) is 10.6 Å². The van der Waals surface area contributed by atoms with Crippen molar-refractivity contribution in [2.24, 2.45) is 11.3 Å². The summed E-state index contributed by atoms with van der Waals surface area (Å²) in [7, 11) is 1.57. The van der Waals surface area contributed by atoms with Crippen LogP contribution in [0.15, 0.2) is 16.6 Å². The Morgan fingerprint density at radius 3 is 2.53 bits per heavy atom. The number of alkyl halides is 1. The molecule has 1 nitrogen and oxygen atoms in total. The largest absolute Gasteiger partial charge is 0.496 e. The van der Waals surface area contributed by atoms with Crippen LogP contribution in [-0.4, -0.2) is 7.11 Å². The normalized spacial score (nSPS) is 23.3. The van der Waals surface area contributed by atoms with Crippen molar-refractivity contribution in [3.05, 3.63) is 28.0 Å². The molecule has 0 spiro atoms. The zero-order valence-electron chi connectivity index (χ0n) is 10.1. The van der Waals surface area contributed by atoms with Crippen molar-refractivity contribution in [2.75, 3.05) is 7.11 Å². The molecular formula is C13H15Br2FO. The van der Waals surface area contributed by atoms with Crippen molar-refractivity contribution in [1.29, 1.82) is 0 Å². The van der Waals surface area contributed by atoms with Gasteiger partial charge in [-0.05, 0) is 39.8 Å². The third-order valence-corrected chi connectivity index (χ3v) is 5.25. The number of benzene rings is 1. The summed E-state index contributed by atoms with van der Waals surface area (Å²) in [5, 5.41) is 0. The summed E-state index contributed by atoms with van der Waals surface area (Å²) in [6.07, 6.45) is 1.18. The molecule has 0 bridgehead atoms. The molecule has 1 saturated carbocycles. The molecule has 0 amide bonds. The lowest BCUT2D eigenvalue weighted by Gasteiger charge is -2.16. The molecule has 0 radical (unpaired) electrons. The monoisotopic (exact) mass is 364 g/mol. The summed E-state index contributed by atoms with van der Waals surface area (Å²) in [6.45, 7) is 4.49. The van der Waals surface area contributed by atoms with E-state index in [1.807, 2.05) is 6.07 Å². The van der Waals surface area contributed by atoms with Gasteiger partial charge in [0, 0.05) is 16.5 Å². The first-order valence-corrected chi connectivity index (χ1v) is 7.24. The third kappa shape index (κ3) is 2.53. The SMILES string of the molecule is COc1cc(F)c(Br)cc1C(Br)C1CC1(C)C. The average Bonchev–Trinajstić information content (AvgIpc) is 2.90. The zero-order valence-corrected chi connectivity index (χ0v) is 13.2. The number of halogens is 3. The van der Waals surface area contributed by atoms with Crippen LogP contribution in [0.2, 0.25) is 0 Å². The third-order valence-electron chi connectivity index (χ3n) is 3.51. The van der Waals surface area contributed by atoms with Gasteiger partial charge in [-0.25, -0.2) is 4.39 Å². The highest BCUT2D eigenvalue weighted by atomic mass is 79.9. The molecule has 1 fully saturated rings. The van der Waals surface area contributed by atoms with Gasteiger partial charge in [0.05, 0.1) is 11.6 Å². The summed E-state index contributed by atoms with van der Waals surface area (Å²) >= 11 is 6.94. The van der Waals surface area contributed by atoms with E-state index < -0.39 is 0 Å². The van der Waals surface area contributed by atoms with Gasteiger partial charge in [-0.1, -0.05) is 29.8 Å². The fourth-order valence-electron chi connectivity index (χ4n) is 2.16. The smallest absolute Gasteiger partial charge is 0.141 e. The number of hydrogen-bond donors (Lipinski definition) is 0. The molecule has 4 heteroatoms. The molecule has 0 N–H and O–H groups in total. The van der Waals surface area contributed by atoms with Crippen LogP contribution in [-0.2, 0) is 0 Å². The Morgan fingerprint density at radius 2 is 2.06 bits per heavy atom. The molecule has 17 heavy (non-hydrogen) atoms. The molecule has 0 saturated heterocycles. The molecule has 0 aliphatic heterocycles. The first-order valence-electron chi connectivity index (χ1n) is 5.54. The summed E-state index contributed by atoms with van der Waals surface area (Å²) in [6, 6.07) is 3.24. The van der Waals surface area contributed by atoms with Gasteiger partial charge in [-0.2, -0.15) is 0 Å². The Kier molecular flexibility index (Phi) is 3.56. The Balaban J connectivity index is 2.34. The van der Waals surface area contributed by atoms with Crippen LogP contribution in [0.4, 0.5) is 4.39 Å². The number of ether oxygens (including phenoxy) is 1. The van der Waals surface area contributed by atoms with Crippen molar-refractivity contribution >= 4 is 31.9 Å². The Hall–Kier alpha value is -0.0900. The van der Waals surface area contributed by atoms with E-state index in [0.717, 1.165) is 5.56 Å². The van der Waals surface area contributed by atoms with Crippen molar-refractivity contribution in [2.45, 2.75) is 25.1 Å². The van der Waals surface area contributed by atoms with Gasteiger partial charge in [0.2, 0.25) is 0 Å². The molecule has 1 aromatic rings. The van der Waals surface area contributed by atoms with Gasteiger partial charge in [-0.3, -0.25) is 0 Å². The molecule has 1 aliphatic rings. The minimum atomic E-state index is -0.291. The topological polar surface area (TPSA) is 9.23 Å². The van der Waals surface area contributed by atoms with Crippen molar-refractivity contribution in [3.8, 4) is 5.75 Å². The highest BCUT2D eigenvalue weighted by molar-refractivity contribution is 9.10. The first kappa shape index (κ1) is 13.3. The fraction of sp³-hybridized carbons (Fsp3) is 0.538. The standard InChI is InChI=1S/C13H15Br2FO/c1-13(2)6-8(13)12(15)7-4-9(14)10(16)5-11(7)17-3/h4-5,8,12H,6H2,1-3H3. The van der Waals surface area contributed by atoms with Gasteiger partial charge >= 0.3 is 0 Å². The maximum Gasteiger partial charge on any atom is 0.141 e. The zero-order chi connectivity index (χ0) is 12.8. The second-order valence-corrected chi connectivity index (χ2v) is 7.05. The number of rotatable bonds is 3. The maximum absolute atomic E-state index is 13.4. The van der Waals surface area contributed by atoms with Crippen LogP contribution in [0.25, 0.3) is 0 Å². The molecule has 0 heterocycles. The maximum atomic E-state index is 13.4. The Labute approximate surface area is 118 Å². The average molecular weight is 366 g/mol. The quantitative estimate of drug-likeness (QED) is 0.678. The van der Waals surface area contributed by atoms with Crippen LogP contribution in [0, 0.1) is 17.2 Å². The lowest BCUT2D eigenvalue weighted by molar-refractivity contribution is 0.403. The first-order chi connectivity index (χ1) is 7.86. The van der Waals surface area contributed by atoms with Crippen LogP contribution in [0.5, 0.6) is 5.75 Å². The number of hydrogen-bond acceptors (Lipinski definition) is 1. The molecule has 2 atom stereocenters. The van der Waals surface area contributed by atoms with E-state index in [4.69, 9.17) is 4.74 Å². The Bertz CT molecular complexity index is 445. The lowest BCUT2D eigenvalue weighted by Crippen LogP contribution is -2.02. The van der Waals surface area contributed by atoms with Crippen molar-refractivity contribution < 1.29 is 9.13 Å². The van der Waals surface area contributed by atoms with E-state index >= 15 is 0 Å². The van der Waals surface area contributed by atoms with E-state index in [1.165, 1.54) is 12.5 Å². The fourth-order valence-corrected chi connectivity index (χ4v) is 3.78. The molecule has 2 rings (SSSR count). The molecule has 2 unspecified atom stereocenters. The molecular weight excluding hydrogens is 351 g/mol. The summed E-state index contributed by atoms with van der Waals surface area (Å²) in [5.41, 5.74) is 1.37. The van der Waals surface area contributed by atoms with Gasteiger partial charge < -0.3 is 4.74 Å². The molecule has 94 valence electrons. The predicted molar refractivity (Wildman–Crippen MR) is 74.2 cm³/mol. The summed E-state index contributed by atoms with van der Waals surface area (Å²) < 4.78 is 19.2. The second-order valence-electron chi connectivity index (χ2n) is 5.21. The summed E-state index contributed by atoms with van der Waals surface area (Å²) in [5.74, 6) is 0.893. The van der Waals surface area contributed by atoms with Crippen molar-refractivity contribution in [3.63, 3.8) is 0 Å². The minimum absolute atomic E-state index is 0.212. The Morgan fingerprint density at radius 1 is 1.47 bits per heavy atom.